The van der Waals surface area contributed by atoms with Gasteiger partial charge >= 0.3 is 5.97 Å². The summed E-state index contributed by atoms with van der Waals surface area (Å²) in [5.74, 6) is -1.42. The lowest BCUT2D eigenvalue weighted by Gasteiger charge is -2.13. The molecule has 0 saturated carbocycles. The smallest absolute Gasteiger partial charge is 0.326 e. The number of ether oxygens (including phenoxy) is 2. The van der Waals surface area contributed by atoms with Gasteiger partial charge in [-0.1, -0.05) is 26.7 Å². The van der Waals surface area contributed by atoms with Crippen molar-refractivity contribution in [3.05, 3.63) is 0 Å². The van der Waals surface area contributed by atoms with Crippen LogP contribution in [0.5, 0.6) is 0 Å². The molecule has 0 spiro atoms. The van der Waals surface area contributed by atoms with Crippen molar-refractivity contribution in [2.75, 3.05) is 26.4 Å². The summed E-state index contributed by atoms with van der Waals surface area (Å²) in [6.45, 7) is 5.30. The Hall–Kier alpha value is -1.14. The molecule has 6 nitrogen and oxygen atoms in total. The fraction of sp³-hybridized carbons (Fsp3) is 0.846. The van der Waals surface area contributed by atoms with Crippen molar-refractivity contribution in [1.82, 2.24) is 5.32 Å². The van der Waals surface area contributed by atoms with Gasteiger partial charge in [-0.3, -0.25) is 4.79 Å². The van der Waals surface area contributed by atoms with Gasteiger partial charge < -0.3 is 19.9 Å². The number of unbranched alkanes of at least 4 members (excludes halogenated alkanes) is 1. The number of carboxylic acid groups (broad SMARTS) is 1. The van der Waals surface area contributed by atoms with E-state index in [1.807, 2.05) is 6.92 Å². The largest absolute Gasteiger partial charge is 0.480 e. The number of hydrogen-bond acceptors (Lipinski definition) is 4. The zero-order valence-electron chi connectivity index (χ0n) is 11.8. The molecule has 0 aliphatic carbocycles. The Kier molecular flexibility index (Phi) is 11.2. The lowest BCUT2D eigenvalue weighted by Crippen LogP contribution is -2.42. The van der Waals surface area contributed by atoms with Crippen LogP contribution in [-0.4, -0.2) is 49.5 Å². The summed E-state index contributed by atoms with van der Waals surface area (Å²) < 4.78 is 10.4. The molecule has 0 bridgehead atoms. The van der Waals surface area contributed by atoms with Crippen LogP contribution >= 0.6 is 0 Å². The van der Waals surface area contributed by atoms with Gasteiger partial charge in [0.2, 0.25) is 5.91 Å². The minimum atomic E-state index is -1.02. The third-order valence-corrected chi connectivity index (χ3v) is 2.46. The maximum atomic E-state index is 11.4. The predicted molar refractivity (Wildman–Crippen MR) is 71.0 cm³/mol. The molecule has 0 heterocycles. The van der Waals surface area contributed by atoms with Gasteiger partial charge in [-0.15, -0.1) is 0 Å². The number of carbonyl (C=O) groups excluding carboxylic acids is 1. The van der Waals surface area contributed by atoms with Gasteiger partial charge in [0.25, 0.3) is 0 Å². The third-order valence-electron chi connectivity index (χ3n) is 2.46. The van der Waals surface area contributed by atoms with Crippen molar-refractivity contribution in [3.63, 3.8) is 0 Å². The quantitative estimate of drug-likeness (QED) is 0.523. The van der Waals surface area contributed by atoms with Crippen molar-refractivity contribution in [1.29, 1.82) is 0 Å². The van der Waals surface area contributed by atoms with E-state index in [9.17, 15) is 9.59 Å². The van der Waals surface area contributed by atoms with Gasteiger partial charge in [0.1, 0.15) is 12.6 Å². The Balaban J connectivity index is 3.60. The normalized spacial score (nSPS) is 12.1. The second kappa shape index (κ2) is 11.9. The monoisotopic (exact) mass is 275 g/mol. The van der Waals surface area contributed by atoms with E-state index in [1.54, 1.807) is 0 Å². The Morgan fingerprint density at radius 3 is 2.37 bits per heavy atom. The van der Waals surface area contributed by atoms with Crippen LogP contribution in [0.2, 0.25) is 0 Å². The van der Waals surface area contributed by atoms with Crippen molar-refractivity contribution >= 4 is 11.9 Å². The lowest BCUT2D eigenvalue weighted by molar-refractivity contribution is -0.142. The first-order chi connectivity index (χ1) is 9.11. The number of hydrogen-bond donors (Lipinski definition) is 2. The second-order valence-electron chi connectivity index (χ2n) is 4.27. The molecule has 0 rings (SSSR count). The minimum absolute atomic E-state index is 0.134. The molecular formula is C13H25NO5. The van der Waals surface area contributed by atoms with E-state index < -0.39 is 17.9 Å². The SMILES string of the molecule is CCCCOCCOCC(=O)N[C@@H](CCC)C(=O)O. The summed E-state index contributed by atoms with van der Waals surface area (Å²) in [4.78, 5) is 22.3. The molecular weight excluding hydrogens is 250 g/mol. The molecule has 112 valence electrons. The van der Waals surface area contributed by atoms with Crippen LogP contribution in [0, 0.1) is 0 Å². The summed E-state index contributed by atoms with van der Waals surface area (Å²) in [6, 6.07) is -0.832. The topological polar surface area (TPSA) is 84.9 Å². The minimum Gasteiger partial charge on any atom is -0.480 e. The summed E-state index contributed by atoms with van der Waals surface area (Å²) in [7, 11) is 0. The van der Waals surface area contributed by atoms with Crippen LogP contribution < -0.4 is 5.32 Å². The lowest BCUT2D eigenvalue weighted by atomic mass is 10.2. The number of carboxylic acids is 1. The first-order valence-corrected chi connectivity index (χ1v) is 6.79. The average Bonchev–Trinajstić information content (AvgIpc) is 2.37. The van der Waals surface area contributed by atoms with Gasteiger partial charge in [0.15, 0.2) is 0 Å². The highest BCUT2D eigenvalue weighted by atomic mass is 16.5. The summed E-state index contributed by atoms with van der Waals surface area (Å²) >= 11 is 0. The van der Waals surface area contributed by atoms with E-state index in [4.69, 9.17) is 14.6 Å². The Bertz CT molecular complexity index is 257. The van der Waals surface area contributed by atoms with Crippen LogP contribution in [0.25, 0.3) is 0 Å². The fourth-order valence-electron chi connectivity index (χ4n) is 1.41. The first kappa shape index (κ1) is 17.9. The highest BCUT2D eigenvalue weighted by Crippen LogP contribution is 1.96. The van der Waals surface area contributed by atoms with Crippen LogP contribution in [0.3, 0.4) is 0 Å². The molecule has 1 atom stereocenters. The van der Waals surface area contributed by atoms with Gasteiger partial charge in [-0.25, -0.2) is 4.79 Å². The van der Waals surface area contributed by atoms with Crippen molar-refractivity contribution in [2.24, 2.45) is 0 Å². The number of carbonyl (C=O) groups is 2. The molecule has 0 radical (unpaired) electrons. The van der Waals surface area contributed by atoms with E-state index in [1.165, 1.54) is 0 Å². The summed E-state index contributed by atoms with van der Waals surface area (Å²) in [6.07, 6.45) is 3.21. The molecule has 0 saturated heterocycles. The van der Waals surface area contributed by atoms with E-state index in [0.29, 0.717) is 32.7 Å². The van der Waals surface area contributed by atoms with Gasteiger partial charge in [-0.05, 0) is 12.8 Å². The Labute approximate surface area is 114 Å². The second-order valence-corrected chi connectivity index (χ2v) is 4.27. The zero-order chi connectivity index (χ0) is 14.5. The molecule has 6 heteroatoms. The number of nitrogens with one attached hydrogen (secondary N) is 1. The van der Waals surface area contributed by atoms with Gasteiger partial charge in [-0.2, -0.15) is 0 Å². The fourth-order valence-corrected chi connectivity index (χ4v) is 1.41. The molecule has 19 heavy (non-hydrogen) atoms. The highest BCUT2D eigenvalue weighted by Gasteiger charge is 2.18. The zero-order valence-corrected chi connectivity index (χ0v) is 11.8. The average molecular weight is 275 g/mol. The molecule has 0 aromatic rings. The molecule has 0 unspecified atom stereocenters. The molecule has 0 aliphatic rings. The van der Waals surface area contributed by atoms with Gasteiger partial charge in [0, 0.05) is 6.61 Å². The van der Waals surface area contributed by atoms with Crippen molar-refractivity contribution in [3.8, 4) is 0 Å². The molecule has 0 aliphatic heterocycles. The van der Waals surface area contributed by atoms with Crippen LogP contribution in [0.15, 0.2) is 0 Å². The van der Waals surface area contributed by atoms with Crippen LogP contribution in [0.1, 0.15) is 39.5 Å². The summed E-state index contributed by atoms with van der Waals surface area (Å²) in [5.41, 5.74) is 0. The standard InChI is InChI=1S/C13H25NO5/c1-3-5-7-18-8-9-19-10-12(15)14-11(6-4-2)13(16)17/h11H,3-10H2,1-2H3,(H,14,15)(H,16,17)/t11-/m0/s1. The predicted octanol–water partition coefficient (Wildman–Crippen LogP) is 1.19. The van der Waals surface area contributed by atoms with Crippen molar-refractivity contribution < 1.29 is 24.2 Å². The number of rotatable bonds is 12. The van der Waals surface area contributed by atoms with Crippen LogP contribution in [-0.2, 0) is 19.1 Å². The molecule has 2 N–H and O–H groups in total. The van der Waals surface area contributed by atoms with E-state index in [2.05, 4.69) is 12.2 Å². The van der Waals surface area contributed by atoms with Gasteiger partial charge in [0.05, 0.1) is 13.2 Å². The van der Waals surface area contributed by atoms with E-state index in [0.717, 1.165) is 12.8 Å². The van der Waals surface area contributed by atoms with E-state index >= 15 is 0 Å². The van der Waals surface area contributed by atoms with Crippen molar-refractivity contribution in [2.45, 2.75) is 45.6 Å². The Morgan fingerprint density at radius 2 is 1.79 bits per heavy atom. The van der Waals surface area contributed by atoms with E-state index in [-0.39, 0.29) is 6.61 Å². The third kappa shape index (κ3) is 10.5. The number of aliphatic carboxylic acids is 1. The molecule has 0 aromatic carbocycles. The first-order valence-electron chi connectivity index (χ1n) is 6.79. The summed E-state index contributed by atoms with van der Waals surface area (Å²) in [5, 5.41) is 11.3. The van der Waals surface area contributed by atoms with Crippen LogP contribution in [0.4, 0.5) is 0 Å². The maximum Gasteiger partial charge on any atom is 0.326 e. The number of amides is 1. The molecule has 0 fully saturated rings. The molecule has 1 amide bonds. The highest BCUT2D eigenvalue weighted by molar-refractivity contribution is 5.84. The Morgan fingerprint density at radius 1 is 1.11 bits per heavy atom. The maximum absolute atomic E-state index is 11.4. The molecule has 0 aromatic heterocycles.